The smallest absolute Gasteiger partial charge is 0.257 e. The van der Waals surface area contributed by atoms with Crippen LogP contribution in [-0.2, 0) is 13.0 Å². The molecule has 7 heteroatoms. The summed E-state index contributed by atoms with van der Waals surface area (Å²) in [5.41, 5.74) is 10.7. The molecular formula is C24H27N5O2. The van der Waals surface area contributed by atoms with Crippen molar-refractivity contribution in [2.75, 3.05) is 19.4 Å². The summed E-state index contributed by atoms with van der Waals surface area (Å²) < 4.78 is 7.10. The van der Waals surface area contributed by atoms with Crippen LogP contribution >= 0.6 is 0 Å². The van der Waals surface area contributed by atoms with Crippen LogP contribution in [0.2, 0.25) is 0 Å². The average molecular weight is 418 g/mol. The number of benzene rings is 2. The summed E-state index contributed by atoms with van der Waals surface area (Å²) in [6, 6.07) is 15.5. The minimum Gasteiger partial charge on any atom is -0.497 e. The Labute approximate surface area is 181 Å². The number of nitrogens with zero attached hydrogens (tertiary/aromatic N) is 3. The number of carbonyl (C=O) groups excluding carboxylic acids is 1. The summed E-state index contributed by atoms with van der Waals surface area (Å²) in [6.45, 7) is 3.31. The van der Waals surface area contributed by atoms with Crippen LogP contribution in [0, 0.1) is 0 Å². The van der Waals surface area contributed by atoms with Gasteiger partial charge in [0, 0.05) is 13.1 Å². The Morgan fingerprint density at radius 2 is 1.81 bits per heavy atom. The van der Waals surface area contributed by atoms with E-state index in [2.05, 4.69) is 12.2 Å². The standard InChI is InChI=1S/C24H27N5O2/c1-3-4-15-29-22(25)20(21-23(29)28-19-8-6-5-7-18(19)27-21)24(30)26-14-13-16-9-11-17(31-2)12-10-16/h5-12H,3-4,13-15,25H2,1-2H3,(H,26,30). The highest BCUT2D eigenvalue weighted by Gasteiger charge is 2.23. The van der Waals surface area contributed by atoms with Gasteiger partial charge in [0.2, 0.25) is 0 Å². The fourth-order valence-corrected chi connectivity index (χ4v) is 3.68. The van der Waals surface area contributed by atoms with E-state index in [1.165, 1.54) is 0 Å². The van der Waals surface area contributed by atoms with Crippen LogP contribution in [0.3, 0.4) is 0 Å². The summed E-state index contributed by atoms with van der Waals surface area (Å²) >= 11 is 0. The second-order valence-electron chi connectivity index (χ2n) is 7.50. The molecule has 160 valence electrons. The molecule has 2 heterocycles. The van der Waals surface area contributed by atoms with E-state index < -0.39 is 0 Å². The van der Waals surface area contributed by atoms with Crippen molar-refractivity contribution in [2.24, 2.45) is 0 Å². The van der Waals surface area contributed by atoms with Gasteiger partial charge in [0.15, 0.2) is 5.65 Å². The number of para-hydroxylation sites is 2. The number of anilines is 1. The Balaban J connectivity index is 1.62. The molecule has 0 saturated heterocycles. The van der Waals surface area contributed by atoms with Gasteiger partial charge >= 0.3 is 0 Å². The van der Waals surface area contributed by atoms with E-state index in [0.29, 0.717) is 42.1 Å². The molecular weight excluding hydrogens is 390 g/mol. The normalized spacial score (nSPS) is 11.2. The molecule has 0 spiro atoms. The number of nitrogens with two attached hydrogens (primary N) is 1. The third-order valence-corrected chi connectivity index (χ3v) is 5.41. The molecule has 4 aromatic rings. The molecule has 0 radical (unpaired) electrons. The Kier molecular flexibility index (Phi) is 6.02. The lowest BCUT2D eigenvalue weighted by Crippen LogP contribution is -2.26. The zero-order chi connectivity index (χ0) is 21.8. The number of methoxy groups -OCH3 is 1. The van der Waals surface area contributed by atoms with Crippen molar-refractivity contribution in [3.63, 3.8) is 0 Å². The molecule has 4 rings (SSSR count). The minimum absolute atomic E-state index is 0.226. The van der Waals surface area contributed by atoms with Crippen LogP contribution in [0.15, 0.2) is 48.5 Å². The maximum absolute atomic E-state index is 13.1. The highest BCUT2D eigenvalue weighted by molar-refractivity contribution is 6.10. The molecule has 0 fully saturated rings. The van der Waals surface area contributed by atoms with Gasteiger partial charge in [-0.25, -0.2) is 9.97 Å². The molecule has 0 aliphatic rings. The molecule has 2 aromatic heterocycles. The molecule has 0 bridgehead atoms. The van der Waals surface area contributed by atoms with Gasteiger partial charge in [0.1, 0.15) is 22.6 Å². The maximum atomic E-state index is 13.1. The molecule has 3 N–H and O–H groups in total. The van der Waals surface area contributed by atoms with Crippen molar-refractivity contribution in [2.45, 2.75) is 32.7 Å². The average Bonchev–Trinajstić information content (AvgIpc) is 3.06. The number of aromatic nitrogens is 3. The Bertz CT molecular complexity index is 1210. The summed E-state index contributed by atoms with van der Waals surface area (Å²) in [6.07, 6.45) is 2.67. The number of fused-ring (bicyclic) bond motifs is 2. The highest BCUT2D eigenvalue weighted by Crippen LogP contribution is 2.28. The van der Waals surface area contributed by atoms with E-state index in [-0.39, 0.29) is 5.91 Å². The highest BCUT2D eigenvalue weighted by atomic mass is 16.5. The van der Waals surface area contributed by atoms with E-state index in [0.717, 1.165) is 35.2 Å². The van der Waals surface area contributed by atoms with Gasteiger partial charge in [-0.15, -0.1) is 0 Å². The quantitative estimate of drug-likeness (QED) is 0.453. The third kappa shape index (κ3) is 4.17. The Morgan fingerprint density at radius 1 is 1.10 bits per heavy atom. The number of rotatable bonds is 8. The van der Waals surface area contributed by atoms with Gasteiger partial charge in [0.05, 0.1) is 18.1 Å². The third-order valence-electron chi connectivity index (χ3n) is 5.41. The van der Waals surface area contributed by atoms with Crippen molar-refractivity contribution in [1.29, 1.82) is 0 Å². The lowest BCUT2D eigenvalue weighted by molar-refractivity contribution is 0.0956. The van der Waals surface area contributed by atoms with Gasteiger partial charge in [-0.3, -0.25) is 4.79 Å². The van der Waals surface area contributed by atoms with Crippen molar-refractivity contribution in [3.05, 3.63) is 59.7 Å². The molecule has 0 unspecified atom stereocenters. The molecule has 0 saturated carbocycles. The second kappa shape index (κ2) is 9.04. The summed E-state index contributed by atoms with van der Waals surface area (Å²) in [4.78, 5) is 22.6. The monoisotopic (exact) mass is 417 g/mol. The van der Waals surface area contributed by atoms with Gasteiger partial charge in [-0.1, -0.05) is 37.6 Å². The van der Waals surface area contributed by atoms with Crippen LogP contribution in [0.1, 0.15) is 35.7 Å². The van der Waals surface area contributed by atoms with E-state index >= 15 is 0 Å². The Hall–Kier alpha value is -3.61. The summed E-state index contributed by atoms with van der Waals surface area (Å²) in [5.74, 6) is 1.00. The first-order valence-electron chi connectivity index (χ1n) is 10.6. The topological polar surface area (TPSA) is 95.1 Å². The van der Waals surface area contributed by atoms with E-state index in [1.807, 2.05) is 53.1 Å². The fraction of sp³-hybridized carbons (Fsp3) is 0.292. The lowest BCUT2D eigenvalue weighted by atomic mass is 10.1. The number of hydrogen-bond donors (Lipinski definition) is 2. The first kappa shape index (κ1) is 20.7. The van der Waals surface area contributed by atoms with E-state index in [4.69, 9.17) is 20.4 Å². The van der Waals surface area contributed by atoms with Crippen molar-refractivity contribution < 1.29 is 9.53 Å². The number of hydrogen-bond acceptors (Lipinski definition) is 5. The Morgan fingerprint density at radius 3 is 2.48 bits per heavy atom. The van der Waals surface area contributed by atoms with Gasteiger partial charge in [-0.2, -0.15) is 0 Å². The zero-order valence-corrected chi connectivity index (χ0v) is 17.9. The van der Waals surface area contributed by atoms with E-state index in [9.17, 15) is 4.79 Å². The summed E-state index contributed by atoms with van der Waals surface area (Å²) in [5, 5.41) is 3.00. The van der Waals surface area contributed by atoms with Crippen LogP contribution < -0.4 is 15.8 Å². The second-order valence-corrected chi connectivity index (χ2v) is 7.50. The number of nitrogen functional groups attached to an aromatic ring is 1. The molecule has 0 aliphatic carbocycles. The predicted molar refractivity (Wildman–Crippen MR) is 123 cm³/mol. The number of unbranched alkanes of at least 4 members (excludes halogenated alkanes) is 1. The first-order chi connectivity index (χ1) is 15.1. The largest absolute Gasteiger partial charge is 0.497 e. The van der Waals surface area contributed by atoms with Crippen molar-refractivity contribution >= 4 is 33.9 Å². The van der Waals surface area contributed by atoms with Gasteiger partial charge in [-0.05, 0) is 42.7 Å². The number of ether oxygens (including phenoxy) is 1. The van der Waals surface area contributed by atoms with Crippen LogP contribution in [-0.4, -0.2) is 34.1 Å². The first-order valence-corrected chi connectivity index (χ1v) is 10.6. The zero-order valence-electron chi connectivity index (χ0n) is 17.9. The lowest BCUT2D eigenvalue weighted by Gasteiger charge is -2.08. The number of nitrogens with one attached hydrogen (secondary N) is 1. The molecule has 7 nitrogen and oxygen atoms in total. The van der Waals surface area contributed by atoms with E-state index in [1.54, 1.807) is 7.11 Å². The van der Waals surface area contributed by atoms with Crippen LogP contribution in [0.5, 0.6) is 5.75 Å². The van der Waals surface area contributed by atoms with Crippen molar-refractivity contribution in [1.82, 2.24) is 19.9 Å². The fourth-order valence-electron chi connectivity index (χ4n) is 3.68. The molecule has 31 heavy (non-hydrogen) atoms. The van der Waals surface area contributed by atoms with Crippen LogP contribution in [0.25, 0.3) is 22.2 Å². The number of aryl methyl sites for hydroxylation is 1. The minimum atomic E-state index is -0.226. The summed E-state index contributed by atoms with van der Waals surface area (Å²) in [7, 11) is 1.64. The van der Waals surface area contributed by atoms with Gasteiger partial charge < -0.3 is 20.4 Å². The molecule has 0 atom stereocenters. The number of carbonyl (C=O) groups is 1. The van der Waals surface area contributed by atoms with Crippen LogP contribution in [0.4, 0.5) is 5.82 Å². The number of amides is 1. The maximum Gasteiger partial charge on any atom is 0.257 e. The molecule has 2 aromatic carbocycles. The predicted octanol–water partition coefficient (Wildman–Crippen LogP) is 3.95. The van der Waals surface area contributed by atoms with Gasteiger partial charge in [0.25, 0.3) is 5.91 Å². The SMILES string of the molecule is CCCCn1c(N)c(C(=O)NCCc2ccc(OC)cc2)c2nc3ccccc3nc21. The molecule has 0 aliphatic heterocycles. The molecule has 1 amide bonds. The van der Waals surface area contributed by atoms with Crippen molar-refractivity contribution in [3.8, 4) is 5.75 Å².